The van der Waals surface area contributed by atoms with Gasteiger partial charge in [-0.1, -0.05) is 72.8 Å². The van der Waals surface area contributed by atoms with E-state index in [-0.39, 0.29) is 0 Å². The smallest absolute Gasteiger partial charge is 0.186 e. The van der Waals surface area contributed by atoms with E-state index in [1.54, 1.807) is 18.6 Å². The van der Waals surface area contributed by atoms with E-state index in [1.807, 2.05) is 12.1 Å². The molecule has 0 saturated carbocycles. The van der Waals surface area contributed by atoms with Gasteiger partial charge in [0.05, 0.1) is 6.21 Å². The van der Waals surface area contributed by atoms with Crippen molar-refractivity contribution in [2.45, 2.75) is 19.3 Å². The van der Waals surface area contributed by atoms with Gasteiger partial charge in [-0.05, 0) is 54.2 Å². The third-order valence-corrected chi connectivity index (χ3v) is 4.73. The van der Waals surface area contributed by atoms with Crippen LogP contribution in [0.1, 0.15) is 36.0 Å². The molecule has 30 heavy (non-hydrogen) atoms. The molecule has 0 saturated heterocycles. The van der Waals surface area contributed by atoms with Gasteiger partial charge in [0.25, 0.3) is 0 Å². The molecule has 0 aliphatic carbocycles. The summed E-state index contributed by atoms with van der Waals surface area (Å²) in [6.45, 7) is 0.814. The first-order valence-electron chi connectivity index (χ1n) is 10.1. The summed E-state index contributed by atoms with van der Waals surface area (Å²) < 4.78 is 0. The average Bonchev–Trinajstić information content (AvgIpc) is 2.80. The van der Waals surface area contributed by atoms with Gasteiger partial charge in [-0.15, -0.1) is 0 Å². The second-order valence-electron chi connectivity index (χ2n) is 6.76. The molecule has 0 amide bonds. The van der Waals surface area contributed by atoms with Crippen molar-refractivity contribution in [3.63, 3.8) is 0 Å². The largest absolute Gasteiger partial charge is 0.361 e. The Morgan fingerprint density at radius 1 is 0.900 bits per heavy atom. The van der Waals surface area contributed by atoms with Gasteiger partial charge in [0.15, 0.2) is 5.11 Å². The van der Waals surface area contributed by atoms with Gasteiger partial charge in [0, 0.05) is 24.5 Å². The van der Waals surface area contributed by atoms with Gasteiger partial charge in [-0.2, -0.15) is 5.10 Å². The second-order valence-corrected chi connectivity index (χ2v) is 7.17. The SMILES string of the molecule is S=C(NCCCCC=C(c1ccccc1)c1ccccc1)NN=Cc1cccnc1. The molecule has 0 fully saturated rings. The number of rotatable bonds is 9. The maximum absolute atomic E-state index is 5.25. The third kappa shape index (κ3) is 7.26. The fourth-order valence-corrected chi connectivity index (χ4v) is 3.17. The minimum Gasteiger partial charge on any atom is -0.361 e. The summed E-state index contributed by atoms with van der Waals surface area (Å²) in [5, 5.41) is 7.84. The Kier molecular flexibility index (Phi) is 8.77. The summed E-state index contributed by atoms with van der Waals surface area (Å²) in [5.74, 6) is 0. The molecule has 152 valence electrons. The zero-order chi connectivity index (χ0) is 20.9. The van der Waals surface area contributed by atoms with E-state index in [4.69, 9.17) is 12.2 Å². The van der Waals surface area contributed by atoms with Gasteiger partial charge < -0.3 is 5.32 Å². The molecule has 0 unspecified atom stereocenters. The number of nitrogens with zero attached hydrogens (tertiary/aromatic N) is 2. The monoisotopic (exact) mass is 414 g/mol. The van der Waals surface area contributed by atoms with E-state index in [2.05, 4.69) is 87.6 Å². The zero-order valence-electron chi connectivity index (χ0n) is 16.9. The Morgan fingerprint density at radius 2 is 1.60 bits per heavy atom. The fraction of sp³-hybridized carbons (Fsp3) is 0.160. The van der Waals surface area contributed by atoms with Crippen LogP contribution in [0.2, 0.25) is 0 Å². The fourth-order valence-electron chi connectivity index (χ4n) is 3.01. The van der Waals surface area contributed by atoms with Gasteiger partial charge in [-0.3, -0.25) is 10.4 Å². The molecule has 3 rings (SSSR count). The van der Waals surface area contributed by atoms with Gasteiger partial charge >= 0.3 is 0 Å². The van der Waals surface area contributed by atoms with Crippen molar-refractivity contribution < 1.29 is 0 Å². The van der Waals surface area contributed by atoms with Crippen LogP contribution in [-0.4, -0.2) is 22.9 Å². The summed E-state index contributed by atoms with van der Waals surface area (Å²) in [6, 6.07) is 24.9. The molecule has 3 aromatic rings. The molecule has 2 aromatic carbocycles. The molecule has 4 nitrogen and oxygen atoms in total. The van der Waals surface area contributed by atoms with Crippen LogP contribution in [0.25, 0.3) is 5.57 Å². The number of hydrazone groups is 1. The normalized spacial score (nSPS) is 10.5. The van der Waals surface area contributed by atoms with Crippen molar-refractivity contribution in [3.8, 4) is 0 Å². The molecule has 0 radical (unpaired) electrons. The highest BCUT2D eigenvalue weighted by atomic mass is 32.1. The highest BCUT2D eigenvalue weighted by Gasteiger charge is 2.03. The first-order chi connectivity index (χ1) is 14.8. The van der Waals surface area contributed by atoms with Gasteiger partial charge in [0.2, 0.25) is 0 Å². The lowest BCUT2D eigenvalue weighted by Gasteiger charge is -2.09. The Bertz CT molecular complexity index is 913. The molecule has 5 heteroatoms. The average molecular weight is 415 g/mol. The summed E-state index contributed by atoms with van der Waals surface area (Å²) in [7, 11) is 0. The number of thiocarbonyl (C=S) groups is 1. The van der Waals surface area contributed by atoms with Crippen molar-refractivity contribution in [1.82, 2.24) is 15.7 Å². The minimum absolute atomic E-state index is 0.528. The van der Waals surface area contributed by atoms with Gasteiger partial charge in [-0.25, -0.2) is 0 Å². The molecule has 0 atom stereocenters. The number of nitrogens with one attached hydrogen (secondary N) is 2. The molecule has 0 aliphatic heterocycles. The van der Waals surface area contributed by atoms with Crippen molar-refractivity contribution >= 4 is 29.1 Å². The number of pyridine rings is 1. The predicted octanol–water partition coefficient (Wildman–Crippen LogP) is 5.18. The zero-order valence-corrected chi connectivity index (χ0v) is 17.7. The van der Waals surface area contributed by atoms with Crippen molar-refractivity contribution in [2.24, 2.45) is 5.10 Å². The molecule has 1 heterocycles. The number of unbranched alkanes of at least 4 members (excludes halogenated alkanes) is 2. The first-order valence-corrected chi connectivity index (χ1v) is 10.5. The maximum Gasteiger partial charge on any atom is 0.186 e. The maximum atomic E-state index is 5.25. The topological polar surface area (TPSA) is 49.3 Å². The highest BCUT2D eigenvalue weighted by molar-refractivity contribution is 7.80. The highest BCUT2D eigenvalue weighted by Crippen LogP contribution is 2.24. The Balaban J connectivity index is 1.42. The second kappa shape index (κ2) is 12.3. The Morgan fingerprint density at radius 3 is 2.23 bits per heavy atom. The van der Waals surface area contributed by atoms with E-state index < -0.39 is 0 Å². The lowest BCUT2D eigenvalue weighted by atomic mass is 9.96. The molecular formula is C25H26N4S. The van der Waals surface area contributed by atoms with Crippen molar-refractivity contribution in [3.05, 3.63) is 108 Å². The van der Waals surface area contributed by atoms with Crippen LogP contribution < -0.4 is 10.7 Å². The lowest BCUT2D eigenvalue weighted by molar-refractivity contribution is 0.713. The summed E-state index contributed by atoms with van der Waals surface area (Å²) in [5.41, 5.74) is 7.54. The number of benzene rings is 2. The van der Waals surface area contributed by atoms with E-state index >= 15 is 0 Å². The van der Waals surface area contributed by atoms with Crippen molar-refractivity contribution in [2.75, 3.05) is 6.54 Å². The number of allylic oxidation sites excluding steroid dienone is 1. The minimum atomic E-state index is 0.528. The van der Waals surface area contributed by atoms with Crippen LogP contribution in [0.3, 0.4) is 0 Å². The van der Waals surface area contributed by atoms with E-state index in [1.165, 1.54) is 16.7 Å². The molecule has 2 N–H and O–H groups in total. The molecule has 0 bridgehead atoms. The van der Waals surface area contributed by atoms with E-state index in [9.17, 15) is 0 Å². The molecule has 1 aromatic heterocycles. The first kappa shape index (κ1) is 21.4. The lowest BCUT2D eigenvalue weighted by Crippen LogP contribution is -2.32. The molecule has 0 aliphatic rings. The standard InChI is InChI=1S/C25H26N4S/c30-25(29-28-20-21-11-10-17-26-19-21)27-18-9-3-8-16-24(22-12-4-1-5-13-22)23-14-6-2-7-15-23/h1-2,4-7,10-17,19-20H,3,8-9,18H2,(H2,27,29,30). The van der Waals surface area contributed by atoms with E-state index in [0.717, 1.165) is 31.4 Å². The third-order valence-electron chi connectivity index (χ3n) is 4.50. The number of hydrogen-bond acceptors (Lipinski definition) is 3. The number of aromatic nitrogens is 1. The molecule has 0 spiro atoms. The van der Waals surface area contributed by atoms with Crippen LogP contribution >= 0.6 is 12.2 Å². The summed E-state index contributed by atoms with van der Waals surface area (Å²) in [4.78, 5) is 4.04. The summed E-state index contributed by atoms with van der Waals surface area (Å²) >= 11 is 5.25. The van der Waals surface area contributed by atoms with E-state index in [0.29, 0.717) is 5.11 Å². The van der Waals surface area contributed by atoms with Gasteiger partial charge in [0.1, 0.15) is 0 Å². The Hall–Kier alpha value is -3.31. The van der Waals surface area contributed by atoms with Crippen LogP contribution in [0, 0.1) is 0 Å². The summed E-state index contributed by atoms with van der Waals surface area (Å²) in [6.07, 6.45) is 10.6. The number of hydrogen-bond donors (Lipinski definition) is 2. The van der Waals surface area contributed by atoms with Crippen LogP contribution in [-0.2, 0) is 0 Å². The predicted molar refractivity (Wildman–Crippen MR) is 129 cm³/mol. The van der Waals surface area contributed by atoms with Crippen LogP contribution in [0.5, 0.6) is 0 Å². The quantitative estimate of drug-likeness (QED) is 0.219. The van der Waals surface area contributed by atoms with Crippen LogP contribution in [0.4, 0.5) is 0 Å². The Labute approximate surface area is 183 Å². The van der Waals surface area contributed by atoms with Crippen molar-refractivity contribution in [1.29, 1.82) is 0 Å². The van der Waals surface area contributed by atoms with Crippen LogP contribution in [0.15, 0.2) is 96.4 Å². The molecular weight excluding hydrogens is 388 g/mol.